The maximum absolute atomic E-state index is 13.3. The van der Waals surface area contributed by atoms with Crippen LogP contribution in [-0.2, 0) is 0 Å². The van der Waals surface area contributed by atoms with E-state index in [1.165, 1.54) is 0 Å². The Morgan fingerprint density at radius 3 is 2.41 bits per heavy atom. The van der Waals surface area contributed by atoms with Gasteiger partial charge in [0.15, 0.2) is 0 Å². The Labute approximate surface area is 168 Å². The summed E-state index contributed by atoms with van der Waals surface area (Å²) in [5.41, 5.74) is 2.53. The number of alkyl halides is 2. The van der Waals surface area contributed by atoms with Crippen molar-refractivity contribution >= 4 is 16.7 Å². The highest BCUT2D eigenvalue weighted by molar-refractivity contribution is 5.99. The minimum Gasteiger partial charge on any atom is -0.352 e. The van der Waals surface area contributed by atoms with Crippen LogP contribution in [0.1, 0.15) is 41.9 Å². The van der Waals surface area contributed by atoms with E-state index in [1.807, 2.05) is 37.3 Å². The van der Waals surface area contributed by atoms with Crippen molar-refractivity contribution in [2.45, 2.75) is 38.5 Å². The molecule has 1 heterocycles. The first-order chi connectivity index (χ1) is 13.9. The number of aryl methyl sites for hydroxylation is 1. The average molecular weight is 395 g/mol. The minimum absolute atomic E-state index is 0.0854. The van der Waals surface area contributed by atoms with Crippen LogP contribution < -0.4 is 5.32 Å². The van der Waals surface area contributed by atoms with E-state index in [0.717, 1.165) is 27.7 Å². The molecule has 0 spiro atoms. The number of carbonyl (C=O) groups excluding carboxylic acids is 1. The molecule has 4 nitrogen and oxygen atoms in total. The predicted molar refractivity (Wildman–Crippen MR) is 109 cm³/mol. The largest absolute Gasteiger partial charge is 0.352 e. The Morgan fingerprint density at radius 2 is 1.69 bits per heavy atom. The number of halogens is 2. The zero-order valence-electron chi connectivity index (χ0n) is 16.3. The van der Waals surface area contributed by atoms with Crippen LogP contribution in [0.25, 0.3) is 21.9 Å². The van der Waals surface area contributed by atoms with Crippen molar-refractivity contribution in [2.75, 3.05) is 6.54 Å². The van der Waals surface area contributed by atoms with Crippen molar-refractivity contribution in [2.24, 2.45) is 5.92 Å². The molecular weight excluding hydrogens is 372 g/mol. The highest BCUT2D eigenvalue weighted by Crippen LogP contribution is 2.35. The van der Waals surface area contributed by atoms with Crippen LogP contribution in [0.5, 0.6) is 0 Å². The Hall–Kier alpha value is -2.89. The number of carbonyl (C=O) groups is 1. The number of nitrogens with one attached hydrogen (secondary N) is 1. The number of nitrogens with zero attached hydrogens (tertiary/aromatic N) is 2. The molecule has 0 unspecified atom stereocenters. The molecule has 1 aromatic heterocycles. The van der Waals surface area contributed by atoms with E-state index >= 15 is 0 Å². The van der Waals surface area contributed by atoms with Gasteiger partial charge in [-0.3, -0.25) is 4.79 Å². The van der Waals surface area contributed by atoms with Crippen molar-refractivity contribution in [3.8, 4) is 11.1 Å². The summed E-state index contributed by atoms with van der Waals surface area (Å²) in [6.45, 7) is 2.29. The molecule has 1 aliphatic rings. The van der Waals surface area contributed by atoms with Gasteiger partial charge in [-0.2, -0.15) is 0 Å². The number of fused-ring (bicyclic) bond motifs is 1. The van der Waals surface area contributed by atoms with Gasteiger partial charge in [0.05, 0.1) is 0 Å². The molecule has 6 heteroatoms. The molecule has 1 saturated carbocycles. The maximum atomic E-state index is 13.3. The van der Waals surface area contributed by atoms with Crippen LogP contribution in [0, 0.1) is 12.8 Å². The number of rotatable bonds is 4. The predicted octanol–water partition coefficient (Wildman–Crippen LogP) is 5.16. The number of amides is 1. The standard InChI is InChI=1S/C23H23F2N3O/c1-15-26-13-21(14-27-15)19-3-2-18-11-20(5-4-17(18)10-19)22(29)28-12-16-6-8-23(24,25)9-7-16/h2-5,10-11,13-14,16H,6-9,12H2,1H3,(H,28,29). The van der Waals surface area contributed by atoms with E-state index in [9.17, 15) is 13.6 Å². The van der Waals surface area contributed by atoms with Crippen LogP contribution in [-0.4, -0.2) is 28.3 Å². The highest BCUT2D eigenvalue weighted by Gasteiger charge is 2.34. The van der Waals surface area contributed by atoms with Crippen LogP contribution in [0.3, 0.4) is 0 Å². The number of hydrogen-bond donors (Lipinski definition) is 1. The molecule has 1 N–H and O–H groups in total. The van der Waals surface area contributed by atoms with Gasteiger partial charge in [-0.25, -0.2) is 18.7 Å². The second kappa shape index (κ2) is 7.85. The first kappa shape index (κ1) is 19.4. The topological polar surface area (TPSA) is 54.9 Å². The molecule has 29 heavy (non-hydrogen) atoms. The van der Waals surface area contributed by atoms with Crippen molar-refractivity contribution in [3.63, 3.8) is 0 Å². The minimum atomic E-state index is -2.54. The molecule has 2 aromatic carbocycles. The van der Waals surface area contributed by atoms with E-state index < -0.39 is 5.92 Å². The third kappa shape index (κ3) is 4.58. The summed E-state index contributed by atoms with van der Waals surface area (Å²) in [6.07, 6.45) is 4.33. The molecule has 1 fully saturated rings. The fraction of sp³-hybridized carbons (Fsp3) is 0.348. The summed E-state index contributed by atoms with van der Waals surface area (Å²) < 4.78 is 26.5. The van der Waals surface area contributed by atoms with Crippen LogP contribution in [0.15, 0.2) is 48.8 Å². The quantitative estimate of drug-likeness (QED) is 0.664. The highest BCUT2D eigenvalue weighted by atomic mass is 19.3. The van der Waals surface area contributed by atoms with Crippen molar-refractivity contribution in [1.82, 2.24) is 15.3 Å². The Balaban J connectivity index is 1.44. The molecule has 1 amide bonds. The van der Waals surface area contributed by atoms with E-state index in [4.69, 9.17) is 0 Å². The molecule has 0 atom stereocenters. The fourth-order valence-corrected chi connectivity index (χ4v) is 3.75. The molecule has 150 valence electrons. The molecule has 4 rings (SSSR count). The van der Waals surface area contributed by atoms with Gasteiger partial charge in [-0.05, 0) is 60.2 Å². The summed E-state index contributed by atoms with van der Waals surface area (Å²) in [4.78, 5) is 21.0. The first-order valence-electron chi connectivity index (χ1n) is 9.88. The lowest BCUT2D eigenvalue weighted by Crippen LogP contribution is -2.33. The lowest BCUT2D eigenvalue weighted by atomic mass is 9.87. The zero-order valence-corrected chi connectivity index (χ0v) is 16.3. The summed E-state index contributed by atoms with van der Waals surface area (Å²) >= 11 is 0. The van der Waals surface area contributed by atoms with E-state index in [1.54, 1.807) is 18.5 Å². The maximum Gasteiger partial charge on any atom is 0.251 e. The zero-order chi connectivity index (χ0) is 20.4. The number of aromatic nitrogens is 2. The molecule has 0 saturated heterocycles. The van der Waals surface area contributed by atoms with Gasteiger partial charge in [0.2, 0.25) is 5.92 Å². The molecular formula is C23H23F2N3O. The average Bonchev–Trinajstić information content (AvgIpc) is 2.72. The SMILES string of the molecule is Cc1ncc(-c2ccc3cc(C(=O)NCC4CCC(F)(F)CC4)ccc3c2)cn1. The van der Waals surface area contributed by atoms with Gasteiger partial charge < -0.3 is 5.32 Å². The van der Waals surface area contributed by atoms with E-state index in [0.29, 0.717) is 24.9 Å². The lowest BCUT2D eigenvalue weighted by Gasteiger charge is -2.28. The van der Waals surface area contributed by atoms with Gasteiger partial charge in [-0.1, -0.05) is 18.2 Å². The monoisotopic (exact) mass is 395 g/mol. The fourth-order valence-electron chi connectivity index (χ4n) is 3.75. The smallest absolute Gasteiger partial charge is 0.251 e. The van der Waals surface area contributed by atoms with Gasteiger partial charge >= 0.3 is 0 Å². The summed E-state index contributed by atoms with van der Waals surface area (Å²) in [5.74, 6) is -1.85. The van der Waals surface area contributed by atoms with E-state index in [-0.39, 0.29) is 24.7 Å². The lowest BCUT2D eigenvalue weighted by molar-refractivity contribution is -0.0452. The number of hydrogen-bond acceptors (Lipinski definition) is 3. The summed E-state index contributed by atoms with van der Waals surface area (Å²) in [7, 11) is 0. The van der Waals surface area contributed by atoms with Gasteiger partial charge in [0.1, 0.15) is 5.82 Å². The molecule has 0 aliphatic heterocycles. The van der Waals surface area contributed by atoms with Crippen LogP contribution in [0.4, 0.5) is 8.78 Å². The first-order valence-corrected chi connectivity index (χ1v) is 9.88. The molecule has 3 aromatic rings. The van der Waals surface area contributed by atoms with Gasteiger partial charge in [0, 0.05) is 42.9 Å². The Morgan fingerprint density at radius 1 is 1.03 bits per heavy atom. The molecule has 1 aliphatic carbocycles. The second-order valence-corrected chi connectivity index (χ2v) is 7.81. The summed E-state index contributed by atoms with van der Waals surface area (Å²) in [6, 6.07) is 11.6. The van der Waals surface area contributed by atoms with Crippen molar-refractivity contribution < 1.29 is 13.6 Å². The van der Waals surface area contributed by atoms with Gasteiger partial charge in [0.25, 0.3) is 5.91 Å². The second-order valence-electron chi connectivity index (χ2n) is 7.81. The Kier molecular flexibility index (Phi) is 5.26. The third-order valence-corrected chi connectivity index (χ3v) is 5.60. The Bertz CT molecular complexity index is 1020. The summed E-state index contributed by atoms with van der Waals surface area (Å²) in [5, 5.41) is 4.89. The van der Waals surface area contributed by atoms with Crippen molar-refractivity contribution in [3.05, 3.63) is 60.2 Å². The van der Waals surface area contributed by atoms with Crippen molar-refractivity contribution in [1.29, 1.82) is 0 Å². The van der Waals surface area contributed by atoms with Crippen LogP contribution >= 0.6 is 0 Å². The van der Waals surface area contributed by atoms with Gasteiger partial charge in [-0.15, -0.1) is 0 Å². The third-order valence-electron chi connectivity index (χ3n) is 5.60. The number of benzene rings is 2. The van der Waals surface area contributed by atoms with Crippen LogP contribution in [0.2, 0.25) is 0 Å². The molecule has 0 radical (unpaired) electrons. The normalized spacial score (nSPS) is 16.7. The molecule has 0 bridgehead atoms. The van der Waals surface area contributed by atoms with E-state index in [2.05, 4.69) is 15.3 Å².